The molecule has 0 atom stereocenters. The first-order valence-corrected chi connectivity index (χ1v) is 22.9. The Kier molecular flexibility index (Phi) is 10.1. The Labute approximate surface area is 377 Å². The van der Waals surface area contributed by atoms with E-state index in [-0.39, 0.29) is 0 Å². The summed E-state index contributed by atoms with van der Waals surface area (Å²) in [6.07, 6.45) is 20.8. The molecule has 0 fully saturated rings. The van der Waals surface area contributed by atoms with Gasteiger partial charge in [0, 0.05) is 23.7 Å². The van der Waals surface area contributed by atoms with Crippen molar-refractivity contribution in [3.05, 3.63) is 215 Å². The number of aromatic nitrogens is 1. The summed E-state index contributed by atoms with van der Waals surface area (Å²) in [6.45, 7) is 11.9. The van der Waals surface area contributed by atoms with Crippen LogP contribution in [0.25, 0.3) is 77.4 Å². The van der Waals surface area contributed by atoms with Crippen LogP contribution in [-0.2, 0) is 0 Å². The van der Waals surface area contributed by atoms with Gasteiger partial charge in [-0.05, 0) is 187 Å². The van der Waals surface area contributed by atoms with Gasteiger partial charge in [-0.2, -0.15) is 0 Å². The highest BCUT2D eigenvalue weighted by Crippen LogP contribution is 2.49. The number of pyridine rings is 1. The summed E-state index contributed by atoms with van der Waals surface area (Å²) in [7, 11) is 0. The predicted molar refractivity (Wildman–Crippen MR) is 275 cm³/mol. The third kappa shape index (κ3) is 6.54. The summed E-state index contributed by atoms with van der Waals surface area (Å²) in [5.74, 6) is 6.20. The molecular formula is C62H50N2. The predicted octanol–water partition coefficient (Wildman–Crippen LogP) is 16.1. The molecular weight excluding hydrogens is 773 g/mol. The summed E-state index contributed by atoms with van der Waals surface area (Å²) in [6, 6.07) is 43.1. The van der Waals surface area contributed by atoms with E-state index in [4.69, 9.17) is 4.98 Å². The molecule has 1 N–H and O–H groups in total. The molecule has 0 saturated heterocycles. The monoisotopic (exact) mass is 822 g/mol. The lowest BCUT2D eigenvalue weighted by atomic mass is 9.84. The van der Waals surface area contributed by atoms with E-state index in [0.717, 1.165) is 60.8 Å². The molecule has 0 amide bonds. The molecule has 2 bridgehead atoms. The maximum absolute atomic E-state index is 4.76. The maximum Gasteiger partial charge on any atom is 0.0939 e. The van der Waals surface area contributed by atoms with Gasteiger partial charge in [0.25, 0.3) is 0 Å². The number of anilines is 1. The highest BCUT2D eigenvalue weighted by atomic mass is 14.9. The van der Waals surface area contributed by atoms with Gasteiger partial charge < -0.3 is 5.32 Å². The van der Waals surface area contributed by atoms with Crippen molar-refractivity contribution in [3.8, 4) is 34.1 Å². The van der Waals surface area contributed by atoms with Gasteiger partial charge in [0.15, 0.2) is 0 Å². The first-order chi connectivity index (χ1) is 31.5. The molecule has 6 aromatic carbocycles. The van der Waals surface area contributed by atoms with Crippen LogP contribution < -0.4 is 5.32 Å². The first kappa shape index (κ1) is 39.4. The first-order valence-electron chi connectivity index (χ1n) is 22.9. The van der Waals surface area contributed by atoms with Crippen LogP contribution >= 0.6 is 0 Å². The SMILES string of the molecule is C=C1/C2=C\C=C(\c3cc(-c4ccc(C5=CCNc6c5ccc5cccnc65)cc4)cc(-c4ccc5c6c(cccc46)C(/C=C\C#CC)=C5CC)c3C)CCCC/C=C\1c1ccccc12. The second kappa shape index (κ2) is 16.3. The van der Waals surface area contributed by atoms with Gasteiger partial charge in [-0.25, -0.2) is 0 Å². The van der Waals surface area contributed by atoms with Crippen LogP contribution in [0.15, 0.2) is 170 Å². The average molecular weight is 823 g/mol. The number of fused-ring (bicyclic) bond motifs is 8. The fourth-order valence-corrected chi connectivity index (χ4v) is 10.8. The Balaban J connectivity index is 1.08. The smallest absolute Gasteiger partial charge is 0.0939 e. The Morgan fingerprint density at radius 3 is 2.31 bits per heavy atom. The molecule has 4 aliphatic rings. The normalized spacial score (nSPS) is 17.9. The number of allylic oxidation sites excluding steroid dienone is 11. The number of hydrogen-bond acceptors (Lipinski definition) is 2. The van der Waals surface area contributed by atoms with E-state index >= 15 is 0 Å². The fraction of sp³-hybridized carbons (Fsp3) is 0.145. The van der Waals surface area contributed by atoms with Gasteiger partial charge in [0.05, 0.1) is 11.2 Å². The van der Waals surface area contributed by atoms with Crippen LogP contribution in [0, 0.1) is 18.8 Å². The van der Waals surface area contributed by atoms with Gasteiger partial charge in [0.1, 0.15) is 0 Å². The molecule has 308 valence electrons. The Bertz CT molecular complexity index is 3380. The molecule has 1 aliphatic heterocycles. The van der Waals surface area contributed by atoms with Gasteiger partial charge in [0.2, 0.25) is 0 Å². The number of nitrogens with zero attached hydrogens (tertiary/aromatic N) is 1. The highest BCUT2D eigenvalue weighted by molar-refractivity contribution is 6.19. The zero-order valence-electron chi connectivity index (χ0n) is 36.9. The van der Waals surface area contributed by atoms with E-state index in [1.54, 1.807) is 0 Å². The number of rotatable bonds is 6. The van der Waals surface area contributed by atoms with Crippen LogP contribution in [0.2, 0.25) is 0 Å². The van der Waals surface area contributed by atoms with Crippen LogP contribution in [0.5, 0.6) is 0 Å². The molecule has 0 spiro atoms. The zero-order chi connectivity index (χ0) is 43.3. The van der Waals surface area contributed by atoms with E-state index in [2.05, 4.69) is 177 Å². The third-order valence-electron chi connectivity index (χ3n) is 13.9. The summed E-state index contributed by atoms with van der Waals surface area (Å²) in [5, 5.41) is 7.40. The minimum absolute atomic E-state index is 0.764. The largest absolute Gasteiger partial charge is 0.379 e. The fourth-order valence-electron chi connectivity index (χ4n) is 10.8. The molecule has 3 aliphatic carbocycles. The number of hydrogen-bond donors (Lipinski definition) is 1. The minimum atomic E-state index is 0.764. The molecule has 2 heterocycles. The molecule has 0 radical (unpaired) electrons. The van der Waals surface area contributed by atoms with Crippen molar-refractivity contribution in [1.29, 1.82) is 0 Å². The molecule has 7 aromatic rings. The maximum atomic E-state index is 4.76. The average Bonchev–Trinajstić information content (AvgIpc) is 3.78. The standard InChI is InChI=1S/C62H50N2/c1-5-7-9-19-50-46(6-2)56-33-32-53(55-23-14-22-54(50)60(55)56)59-38-45(41-24-26-43(27-25-41)49-34-36-64-62-57(49)31-29-44-17-15-35-63-61(44)62)37-58(40(59)4)42-16-10-8-11-18-47-39(3)48(30-28-42)52-21-13-12-20-51(47)52/h9,12-15,17-35,37-38,64H,3,6,8,10-11,16,36H2,1-2,4H3/b19-9-,42-28+,47-18+,48-30+. The van der Waals surface area contributed by atoms with E-state index in [1.807, 2.05) is 25.3 Å². The molecule has 64 heavy (non-hydrogen) atoms. The van der Waals surface area contributed by atoms with Crippen molar-refractivity contribution in [2.45, 2.75) is 52.9 Å². The molecule has 11 rings (SSSR count). The highest BCUT2D eigenvalue weighted by Gasteiger charge is 2.27. The molecule has 0 saturated carbocycles. The van der Waals surface area contributed by atoms with E-state index < -0.39 is 0 Å². The van der Waals surface area contributed by atoms with Crippen molar-refractivity contribution in [2.24, 2.45) is 0 Å². The van der Waals surface area contributed by atoms with E-state index in [1.165, 1.54) is 111 Å². The van der Waals surface area contributed by atoms with E-state index in [9.17, 15) is 0 Å². The Morgan fingerprint density at radius 1 is 0.688 bits per heavy atom. The third-order valence-corrected chi connectivity index (χ3v) is 13.9. The zero-order valence-corrected chi connectivity index (χ0v) is 36.9. The van der Waals surface area contributed by atoms with Crippen molar-refractivity contribution in [1.82, 2.24) is 4.98 Å². The van der Waals surface area contributed by atoms with Gasteiger partial charge in [-0.1, -0.05) is 141 Å². The molecule has 1 aromatic heterocycles. The second-order valence-electron chi connectivity index (χ2n) is 17.4. The van der Waals surface area contributed by atoms with Gasteiger partial charge >= 0.3 is 0 Å². The van der Waals surface area contributed by atoms with Crippen molar-refractivity contribution < 1.29 is 0 Å². The number of benzene rings is 6. The van der Waals surface area contributed by atoms with Crippen molar-refractivity contribution in [3.63, 3.8) is 0 Å². The second-order valence-corrected chi connectivity index (χ2v) is 17.4. The van der Waals surface area contributed by atoms with Crippen LogP contribution in [0.3, 0.4) is 0 Å². The quantitative estimate of drug-likeness (QED) is 0.169. The molecule has 0 unspecified atom stereocenters. The van der Waals surface area contributed by atoms with Crippen LogP contribution in [0.1, 0.15) is 90.5 Å². The van der Waals surface area contributed by atoms with Gasteiger partial charge in [-0.15, -0.1) is 5.92 Å². The molecule has 2 nitrogen and oxygen atoms in total. The summed E-state index contributed by atoms with van der Waals surface area (Å²) < 4.78 is 0. The lowest BCUT2D eigenvalue weighted by molar-refractivity contribution is 0.770. The summed E-state index contributed by atoms with van der Waals surface area (Å²) in [5.41, 5.74) is 26.3. The lowest BCUT2D eigenvalue weighted by Gasteiger charge is -2.22. The summed E-state index contributed by atoms with van der Waals surface area (Å²) >= 11 is 0. The lowest BCUT2D eigenvalue weighted by Crippen LogP contribution is -2.09. The Morgan fingerprint density at radius 2 is 1.47 bits per heavy atom. The minimum Gasteiger partial charge on any atom is -0.379 e. The van der Waals surface area contributed by atoms with Crippen molar-refractivity contribution in [2.75, 3.05) is 11.9 Å². The number of nitrogens with one attached hydrogen (secondary N) is 1. The van der Waals surface area contributed by atoms with E-state index in [0.29, 0.717) is 0 Å². The summed E-state index contributed by atoms with van der Waals surface area (Å²) in [4.78, 5) is 4.76. The topological polar surface area (TPSA) is 24.9 Å². The van der Waals surface area contributed by atoms with Crippen LogP contribution in [0.4, 0.5) is 5.69 Å². The van der Waals surface area contributed by atoms with Gasteiger partial charge in [-0.3, -0.25) is 4.98 Å². The van der Waals surface area contributed by atoms with Crippen molar-refractivity contribution >= 4 is 60.8 Å². The van der Waals surface area contributed by atoms with Crippen LogP contribution in [-0.4, -0.2) is 11.5 Å². The molecule has 2 heteroatoms. The Hall–Kier alpha value is -7.47.